The predicted molar refractivity (Wildman–Crippen MR) is 114 cm³/mol. The van der Waals surface area contributed by atoms with Gasteiger partial charge in [-0.05, 0) is 42.7 Å². The molecule has 1 aromatic heterocycles. The number of likely N-dealkylation sites (tertiary alicyclic amines) is 1. The van der Waals surface area contributed by atoms with Crippen LogP contribution in [0.1, 0.15) is 22.5 Å². The van der Waals surface area contributed by atoms with Gasteiger partial charge in [-0.25, -0.2) is 4.39 Å². The van der Waals surface area contributed by atoms with Crippen molar-refractivity contribution in [2.24, 2.45) is 5.41 Å². The van der Waals surface area contributed by atoms with E-state index < -0.39 is 23.3 Å². The molecule has 9 heteroatoms. The maximum atomic E-state index is 13.6. The van der Waals surface area contributed by atoms with Crippen molar-refractivity contribution >= 4 is 29.3 Å². The van der Waals surface area contributed by atoms with Crippen molar-refractivity contribution in [1.29, 1.82) is 0 Å². The molecule has 168 valence electrons. The number of nitrogens with one attached hydrogen (secondary N) is 1. The van der Waals surface area contributed by atoms with Gasteiger partial charge in [0, 0.05) is 24.0 Å². The number of benzene rings is 2. The first-order valence-corrected chi connectivity index (χ1v) is 9.91. The molecule has 0 radical (unpaired) electrons. The van der Waals surface area contributed by atoms with E-state index in [4.69, 9.17) is 9.90 Å². The molecular weight excluding hydrogens is 419 g/mol. The largest absolute Gasteiger partial charge is 0.483 e. The van der Waals surface area contributed by atoms with Crippen molar-refractivity contribution in [3.8, 4) is 0 Å². The smallest absolute Gasteiger partial charge is 0.314 e. The predicted octanol–water partition coefficient (Wildman–Crippen LogP) is 2.53. The Morgan fingerprint density at radius 1 is 1.19 bits per heavy atom. The summed E-state index contributed by atoms with van der Waals surface area (Å²) in [5, 5.41) is 28.3. The Kier molecular flexibility index (Phi) is 6.89. The molecule has 0 unspecified atom stereocenters. The van der Waals surface area contributed by atoms with Crippen molar-refractivity contribution in [2.75, 3.05) is 13.1 Å². The lowest BCUT2D eigenvalue weighted by Crippen LogP contribution is -2.58. The fourth-order valence-electron chi connectivity index (χ4n) is 4.08. The molecule has 4 rings (SSSR count). The van der Waals surface area contributed by atoms with E-state index in [2.05, 4.69) is 4.98 Å². The van der Waals surface area contributed by atoms with E-state index in [0.717, 1.165) is 10.9 Å². The topological polar surface area (TPSA) is 131 Å². The van der Waals surface area contributed by atoms with E-state index in [9.17, 15) is 24.2 Å². The number of rotatable bonds is 4. The second-order valence-electron chi connectivity index (χ2n) is 7.67. The molecule has 4 N–H and O–H groups in total. The zero-order valence-corrected chi connectivity index (χ0v) is 17.1. The number of hydrogen-bond donors (Lipinski definition) is 4. The van der Waals surface area contributed by atoms with Gasteiger partial charge in [-0.2, -0.15) is 0 Å². The molecular formula is C23H23FN2O6. The number of para-hydroxylation sites is 1. The third kappa shape index (κ3) is 4.62. The van der Waals surface area contributed by atoms with E-state index in [-0.39, 0.29) is 38.3 Å². The van der Waals surface area contributed by atoms with Gasteiger partial charge in [0.05, 0.1) is 6.10 Å². The molecule has 32 heavy (non-hydrogen) atoms. The monoisotopic (exact) mass is 442 g/mol. The number of aliphatic carboxylic acids is 1. The summed E-state index contributed by atoms with van der Waals surface area (Å²) in [5.74, 6) is -2.00. The number of aliphatic hydroxyl groups is 1. The first kappa shape index (κ1) is 23.0. The summed E-state index contributed by atoms with van der Waals surface area (Å²) >= 11 is 0. The lowest BCUT2D eigenvalue weighted by Gasteiger charge is -2.43. The van der Waals surface area contributed by atoms with Crippen LogP contribution in [0.5, 0.6) is 0 Å². The number of H-pyrrole nitrogens is 1. The second-order valence-corrected chi connectivity index (χ2v) is 7.67. The molecule has 2 aromatic carbocycles. The van der Waals surface area contributed by atoms with Gasteiger partial charge < -0.3 is 25.2 Å². The molecule has 2 heterocycles. The maximum Gasteiger partial charge on any atom is 0.314 e. The average Bonchev–Trinajstić information content (AvgIpc) is 3.19. The van der Waals surface area contributed by atoms with Gasteiger partial charge in [0.1, 0.15) is 16.9 Å². The Morgan fingerprint density at radius 3 is 2.56 bits per heavy atom. The molecule has 1 aliphatic rings. The van der Waals surface area contributed by atoms with Crippen molar-refractivity contribution in [1.82, 2.24) is 9.88 Å². The molecule has 3 aromatic rings. The summed E-state index contributed by atoms with van der Waals surface area (Å²) in [6.07, 6.45) is -1.08. The van der Waals surface area contributed by atoms with Gasteiger partial charge in [0.2, 0.25) is 0 Å². The van der Waals surface area contributed by atoms with Gasteiger partial charge in [-0.15, -0.1) is 0 Å². The highest BCUT2D eigenvalue weighted by atomic mass is 19.1. The molecule has 0 saturated carbocycles. The number of hydrogen-bond acceptors (Lipinski definition) is 4. The van der Waals surface area contributed by atoms with Crippen LogP contribution < -0.4 is 0 Å². The SMILES string of the molecule is O=C(c1cc2ccccc2[nH]1)N1CC[C@H](O)[C@](Cc2cccc(F)c2)(C(=O)O)C1.O=CO. The number of fused-ring (bicyclic) bond motifs is 1. The number of carbonyl (C=O) groups is 3. The molecule has 1 amide bonds. The molecule has 0 spiro atoms. The summed E-state index contributed by atoms with van der Waals surface area (Å²) in [6, 6.07) is 14.9. The average molecular weight is 442 g/mol. The molecule has 0 bridgehead atoms. The van der Waals surface area contributed by atoms with Crippen molar-refractivity contribution in [2.45, 2.75) is 18.9 Å². The maximum absolute atomic E-state index is 13.6. The summed E-state index contributed by atoms with van der Waals surface area (Å²) in [7, 11) is 0. The van der Waals surface area contributed by atoms with Crippen molar-refractivity contribution in [3.63, 3.8) is 0 Å². The van der Waals surface area contributed by atoms with Gasteiger partial charge >= 0.3 is 5.97 Å². The number of aromatic amines is 1. The zero-order valence-electron chi connectivity index (χ0n) is 17.1. The van der Waals surface area contributed by atoms with Crippen LogP contribution in [0.15, 0.2) is 54.6 Å². The molecule has 0 aliphatic carbocycles. The first-order chi connectivity index (χ1) is 15.3. The highest BCUT2D eigenvalue weighted by Gasteiger charge is 2.50. The molecule has 8 nitrogen and oxygen atoms in total. The lowest BCUT2D eigenvalue weighted by atomic mass is 9.72. The molecule has 1 fully saturated rings. The summed E-state index contributed by atoms with van der Waals surface area (Å²) in [4.78, 5) is 38.2. The fraction of sp³-hybridized carbons (Fsp3) is 0.261. The van der Waals surface area contributed by atoms with E-state index in [0.29, 0.717) is 11.3 Å². The number of piperidine rings is 1. The van der Waals surface area contributed by atoms with Crippen LogP contribution in [-0.4, -0.2) is 62.7 Å². The molecule has 1 aliphatic heterocycles. The Morgan fingerprint density at radius 2 is 1.91 bits per heavy atom. The van der Waals surface area contributed by atoms with Gasteiger partial charge in [-0.3, -0.25) is 14.4 Å². The van der Waals surface area contributed by atoms with E-state index in [1.807, 2.05) is 24.3 Å². The minimum absolute atomic E-state index is 0.0717. The van der Waals surface area contributed by atoms with Crippen LogP contribution in [0.4, 0.5) is 4.39 Å². The summed E-state index contributed by atoms with van der Waals surface area (Å²) < 4.78 is 13.6. The summed E-state index contributed by atoms with van der Waals surface area (Å²) in [5.41, 5.74) is 0.0458. The van der Waals surface area contributed by atoms with Crippen LogP contribution in [0.3, 0.4) is 0 Å². The van der Waals surface area contributed by atoms with Crippen LogP contribution in [0.2, 0.25) is 0 Å². The normalized spacial score (nSPS) is 20.3. The first-order valence-electron chi connectivity index (χ1n) is 9.91. The van der Waals surface area contributed by atoms with Gasteiger partial charge in [0.15, 0.2) is 0 Å². The third-order valence-corrected chi connectivity index (χ3v) is 5.67. The van der Waals surface area contributed by atoms with Crippen LogP contribution in [0.25, 0.3) is 10.9 Å². The standard InChI is InChI=1S/C22H21FN2O4.CH2O2/c23-16-6-3-4-14(10-16)12-22(21(28)29)13-25(9-8-19(22)26)20(27)18-11-15-5-1-2-7-17(15)24-18;2-1-3/h1-7,10-11,19,24,26H,8-9,12-13H2,(H,28,29);1H,(H,2,3)/t19-,22+;/m0./s1. The zero-order chi connectivity index (χ0) is 23.3. The minimum atomic E-state index is -1.60. The fourth-order valence-corrected chi connectivity index (χ4v) is 4.08. The molecule has 1 saturated heterocycles. The third-order valence-electron chi connectivity index (χ3n) is 5.67. The number of carbonyl (C=O) groups excluding carboxylic acids is 1. The Labute approximate surface area is 182 Å². The highest BCUT2D eigenvalue weighted by Crippen LogP contribution is 2.35. The number of amides is 1. The van der Waals surface area contributed by atoms with E-state index in [1.54, 1.807) is 12.1 Å². The lowest BCUT2D eigenvalue weighted by molar-refractivity contribution is -0.161. The van der Waals surface area contributed by atoms with Crippen LogP contribution in [0, 0.1) is 11.2 Å². The Balaban J connectivity index is 0.000000913. The number of nitrogens with zero attached hydrogens (tertiary/aromatic N) is 1. The van der Waals surface area contributed by atoms with E-state index in [1.165, 1.54) is 23.1 Å². The molecule has 2 atom stereocenters. The van der Waals surface area contributed by atoms with E-state index >= 15 is 0 Å². The highest BCUT2D eigenvalue weighted by molar-refractivity contribution is 5.98. The second kappa shape index (κ2) is 9.61. The number of aliphatic hydroxyl groups excluding tert-OH is 1. The number of carboxylic acid groups (broad SMARTS) is 2. The minimum Gasteiger partial charge on any atom is -0.483 e. The van der Waals surface area contributed by atoms with Gasteiger partial charge in [0.25, 0.3) is 12.4 Å². The van der Waals surface area contributed by atoms with Gasteiger partial charge in [-0.1, -0.05) is 30.3 Å². The Bertz CT molecular complexity index is 1100. The summed E-state index contributed by atoms with van der Waals surface area (Å²) in [6.45, 7) is -0.165. The number of halogens is 1. The van der Waals surface area contributed by atoms with Crippen LogP contribution in [-0.2, 0) is 16.0 Å². The van der Waals surface area contributed by atoms with Crippen molar-refractivity contribution in [3.05, 3.63) is 71.7 Å². The number of aromatic nitrogens is 1. The number of carboxylic acids is 1. The quantitative estimate of drug-likeness (QED) is 0.459. The van der Waals surface area contributed by atoms with Crippen molar-refractivity contribution < 1.29 is 34.1 Å². The Hall–Kier alpha value is -3.72. The van der Waals surface area contributed by atoms with Crippen LogP contribution >= 0.6 is 0 Å².